The molecule has 0 spiro atoms. The lowest BCUT2D eigenvalue weighted by Gasteiger charge is -2.32. The molecule has 4 rings (SSSR count). The first-order valence-electron chi connectivity index (χ1n) is 10.9. The van der Waals surface area contributed by atoms with Gasteiger partial charge in [0.25, 0.3) is 11.5 Å². The molecule has 8 heteroatoms. The highest BCUT2D eigenvalue weighted by atomic mass is 32.2. The van der Waals surface area contributed by atoms with Gasteiger partial charge in [0.05, 0.1) is 10.5 Å². The van der Waals surface area contributed by atoms with E-state index in [1.807, 2.05) is 32.9 Å². The van der Waals surface area contributed by atoms with Gasteiger partial charge in [-0.3, -0.25) is 18.9 Å². The Bertz CT molecular complexity index is 1130. The summed E-state index contributed by atoms with van der Waals surface area (Å²) >= 11 is 6.74. The number of carbonyl (C=O) groups is 1. The largest absolute Gasteiger partial charge is 0.356 e. The number of piperidine rings is 1. The first-order chi connectivity index (χ1) is 14.8. The zero-order valence-corrected chi connectivity index (χ0v) is 20.1. The molecule has 2 aromatic rings. The number of amides is 1. The molecule has 2 fully saturated rings. The van der Waals surface area contributed by atoms with Gasteiger partial charge in [-0.05, 0) is 56.7 Å². The Morgan fingerprint density at radius 3 is 2.71 bits per heavy atom. The van der Waals surface area contributed by atoms with Crippen LogP contribution in [0, 0.1) is 12.8 Å². The molecule has 0 radical (unpaired) electrons. The fraction of sp³-hybridized carbons (Fsp3) is 0.478. The quantitative estimate of drug-likeness (QED) is 0.507. The molecule has 1 amide bonds. The molecule has 2 saturated heterocycles. The molecule has 2 aromatic heterocycles. The smallest absolute Gasteiger partial charge is 0.267 e. The topological polar surface area (TPSA) is 57.9 Å². The number of anilines is 1. The Morgan fingerprint density at radius 2 is 2.03 bits per heavy atom. The molecule has 0 saturated carbocycles. The summed E-state index contributed by atoms with van der Waals surface area (Å²) < 4.78 is 2.12. The molecule has 2 aliphatic rings. The van der Waals surface area contributed by atoms with Gasteiger partial charge >= 0.3 is 0 Å². The number of thioether (sulfide) groups is 1. The maximum Gasteiger partial charge on any atom is 0.267 e. The lowest BCUT2D eigenvalue weighted by Crippen LogP contribution is -2.36. The lowest BCUT2D eigenvalue weighted by atomic mass is 9.99. The van der Waals surface area contributed by atoms with Gasteiger partial charge in [0.15, 0.2) is 0 Å². The van der Waals surface area contributed by atoms with Crippen LogP contribution in [0.2, 0.25) is 0 Å². The molecule has 0 aliphatic carbocycles. The van der Waals surface area contributed by atoms with E-state index in [1.54, 1.807) is 21.6 Å². The van der Waals surface area contributed by atoms with Crippen molar-refractivity contribution in [2.24, 2.45) is 5.92 Å². The number of hydrogen-bond acceptors (Lipinski definition) is 6. The number of nitrogens with zero attached hydrogens (tertiary/aromatic N) is 4. The van der Waals surface area contributed by atoms with Gasteiger partial charge < -0.3 is 4.90 Å². The van der Waals surface area contributed by atoms with Crippen LogP contribution < -0.4 is 10.5 Å². The molecule has 0 N–H and O–H groups in total. The molecule has 2 aliphatic heterocycles. The summed E-state index contributed by atoms with van der Waals surface area (Å²) in [5.74, 6) is 1.20. The average Bonchev–Trinajstić information content (AvgIpc) is 3.03. The number of carbonyl (C=O) groups excluding carboxylic acids is 1. The van der Waals surface area contributed by atoms with Crippen molar-refractivity contribution in [2.75, 3.05) is 18.0 Å². The first-order valence-corrected chi connectivity index (χ1v) is 12.1. The summed E-state index contributed by atoms with van der Waals surface area (Å²) in [7, 11) is 0. The third kappa shape index (κ3) is 4.03. The van der Waals surface area contributed by atoms with Crippen LogP contribution in [0.3, 0.4) is 0 Å². The Balaban J connectivity index is 1.87. The van der Waals surface area contributed by atoms with E-state index in [9.17, 15) is 9.59 Å². The maximum absolute atomic E-state index is 13.5. The standard InChI is InChI=1S/C23H28N4O2S2/c1-5-16(4)27-22(29)18(31-23(27)30)13-17-20(25-11-8-14(2)9-12-25)24-19-15(3)7-6-10-26(19)21(17)28/h6-7,10,13-14,16H,5,8-9,11-12H2,1-4H3/b18-13+/t16-/m1/s1. The number of aryl methyl sites for hydroxylation is 1. The molecule has 0 aromatic carbocycles. The van der Waals surface area contributed by atoms with E-state index in [4.69, 9.17) is 17.2 Å². The molecule has 31 heavy (non-hydrogen) atoms. The number of thiocarbonyl (C=S) groups is 1. The summed E-state index contributed by atoms with van der Waals surface area (Å²) in [5.41, 5.74) is 1.91. The third-order valence-electron chi connectivity index (χ3n) is 6.28. The lowest BCUT2D eigenvalue weighted by molar-refractivity contribution is -0.123. The van der Waals surface area contributed by atoms with E-state index in [0.29, 0.717) is 32.2 Å². The summed E-state index contributed by atoms with van der Waals surface area (Å²) in [5, 5.41) is 0. The molecule has 6 nitrogen and oxygen atoms in total. The second kappa shape index (κ2) is 8.74. The van der Waals surface area contributed by atoms with Crippen molar-refractivity contribution in [3.05, 3.63) is 44.7 Å². The summed E-state index contributed by atoms with van der Waals surface area (Å²) in [6.45, 7) is 9.94. The normalized spacial score (nSPS) is 20.3. The summed E-state index contributed by atoms with van der Waals surface area (Å²) in [4.78, 5) is 35.9. The SMILES string of the molecule is CC[C@@H](C)N1C(=O)/C(=C\c2c(N3CCC(C)CC3)nc3c(C)cccn3c2=O)SC1=S. The minimum atomic E-state index is -0.156. The zero-order valence-electron chi connectivity index (χ0n) is 18.4. The van der Waals surface area contributed by atoms with Crippen LogP contribution in [0.15, 0.2) is 28.0 Å². The number of aromatic nitrogens is 2. The molecule has 1 atom stereocenters. The molecular weight excluding hydrogens is 428 g/mol. The van der Waals surface area contributed by atoms with Crippen molar-refractivity contribution >= 4 is 51.7 Å². The van der Waals surface area contributed by atoms with Crippen molar-refractivity contribution in [1.29, 1.82) is 0 Å². The monoisotopic (exact) mass is 456 g/mol. The Labute approximate surface area is 192 Å². The molecule has 0 bridgehead atoms. The third-order valence-corrected chi connectivity index (χ3v) is 7.61. The van der Waals surface area contributed by atoms with Crippen molar-refractivity contribution < 1.29 is 4.79 Å². The first kappa shape index (κ1) is 22.0. The Kier molecular flexibility index (Phi) is 6.21. The highest BCUT2D eigenvalue weighted by Gasteiger charge is 2.35. The number of hydrogen-bond donors (Lipinski definition) is 0. The fourth-order valence-electron chi connectivity index (χ4n) is 4.06. The van der Waals surface area contributed by atoms with E-state index in [0.717, 1.165) is 37.9 Å². The predicted octanol–water partition coefficient (Wildman–Crippen LogP) is 4.24. The highest BCUT2D eigenvalue weighted by Crippen LogP contribution is 2.35. The van der Waals surface area contributed by atoms with Gasteiger partial charge in [0.1, 0.15) is 15.8 Å². The Morgan fingerprint density at radius 1 is 1.32 bits per heavy atom. The van der Waals surface area contributed by atoms with Crippen molar-refractivity contribution in [2.45, 2.75) is 53.0 Å². The summed E-state index contributed by atoms with van der Waals surface area (Å²) in [6, 6.07) is 3.83. The van der Waals surface area contributed by atoms with Gasteiger partial charge in [-0.2, -0.15) is 0 Å². The molecule has 0 unspecified atom stereocenters. The van der Waals surface area contributed by atoms with Gasteiger partial charge in [0.2, 0.25) is 0 Å². The van der Waals surface area contributed by atoms with Crippen LogP contribution in [0.25, 0.3) is 11.7 Å². The van der Waals surface area contributed by atoms with Crippen molar-refractivity contribution in [1.82, 2.24) is 14.3 Å². The van der Waals surface area contributed by atoms with Crippen LogP contribution in [-0.2, 0) is 4.79 Å². The van der Waals surface area contributed by atoms with Gasteiger partial charge in [-0.1, -0.05) is 43.9 Å². The van der Waals surface area contributed by atoms with Crippen molar-refractivity contribution in [3.63, 3.8) is 0 Å². The van der Waals surface area contributed by atoms with E-state index in [2.05, 4.69) is 11.8 Å². The minimum absolute atomic E-state index is 0.0277. The van der Waals surface area contributed by atoms with Gasteiger partial charge in [-0.25, -0.2) is 4.98 Å². The summed E-state index contributed by atoms with van der Waals surface area (Å²) in [6.07, 6.45) is 6.38. The molecule has 164 valence electrons. The van der Waals surface area contributed by atoms with Crippen LogP contribution >= 0.6 is 24.0 Å². The highest BCUT2D eigenvalue weighted by molar-refractivity contribution is 8.26. The van der Waals surface area contributed by atoms with E-state index in [-0.39, 0.29) is 17.5 Å². The van der Waals surface area contributed by atoms with E-state index in [1.165, 1.54) is 11.8 Å². The van der Waals surface area contributed by atoms with Crippen LogP contribution in [0.1, 0.15) is 51.2 Å². The minimum Gasteiger partial charge on any atom is -0.356 e. The Hall–Kier alpha value is -2.19. The predicted molar refractivity (Wildman–Crippen MR) is 132 cm³/mol. The number of fused-ring (bicyclic) bond motifs is 1. The van der Waals surface area contributed by atoms with E-state index < -0.39 is 0 Å². The van der Waals surface area contributed by atoms with E-state index >= 15 is 0 Å². The van der Waals surface area contributed by atoms with Crippen molar-refractivity contribution in [3.8, 4) is 0 Å². The number of pyridine rings is 1. The second-order valence-corrected chi connectivity index (χ2v) is 10.2. The zero-order chi connectivity index (χ0) is 22.3. The average molecular weight is 457 g/mol. The van der Waals surface area contributed by atoms with Crippen LogP contribution in [0.4, 0.5) is 5.82 Å². The van der Waals surface area contributed by atoms with Crippen LogP contribution in [0.5, 0.6) is 0 Å². The number of rotatable bonds is 4. The fourth-order valence-corrected chi connectivity index (χ4v) is 5.51. The second-order valence-electron chi connectivity index (χ2n) is 8.52. The molecule has 4 heterocycles. The molecular formula is C23H28N4O2S2. The van der Waals surface area contributed by atoms with Crippen LogP contribution in [-0.4, -0.2) is 43.6 Å². The van der Waals surface area contributed by atoms with Gasteiger partial charge in [0, 0.05) is 25.3 Å². The van der Waals surface area contributed by atoms with Gasteiger partial charge in [-0.15, -0.1) is 0 Å². The maximum atomic E-state index is 13.5.